The molecule has 164 valence electrons. The molecule has 0 aromatic heterocycles. The van der Waals surface area contributed by atoms with Crippen LogP contribution in [0.15, 0.2) is 30.3 Å². The molecule has 1 aliphatic heterocycles. The Bertz CT molecular complexity index is 747. The number of carboxylic acids is 1. The first-order chi connectivity index (χ1) is 14.3. The fraction of sp³-hybridized carbons (Fsp3) is 0.524. The van der Waals surface area contributed by atoms with Crippen molar-refractivity contribution >= 4 is 23.7 Å². The summed E-state index contributed by atoms with van der Waals surface area (Å²) in [7, 11) is 0. The zero-order chi connectivity index (χ0) is 22.1. The van der Waals surface area contributed by atoms with Gasteiger partial charge in [0.1, 0.15) is 12.1 Å². The number of aliphatic carboxylic acids is 1. The summed E-state index contributed by atoms with van der Waals surface area (Å²) in [6.07, 6.45) is 1.82. The van der Waals surface area contributed by atoms with Crippen LogP contribution in [0.25, 0.3) is 0 Å². The van der Waals surface area contributed by atoms with Crippen molar-refractivity contribution in [2.75, 3.05) is 13.1 Å². The summed E-state index contributed by atoms with van der Waals surface area (Å²) in [5.41, 5.74) is 0.813. The van der Waals surface area contributed by atoms with Gasteiger partial charge in [-0.25, -0.2) is 4.79 Å². The Hall–Kier alpha value is -2.94. The van der Waals surface area contributed by atoms with Crippen molar-refractivity contribution in [3.8, 4) is 0 Å². The zero-order valence-corrected chi connectivity index (χ0v) is 17.3. The Morgan fingerprint density at radius 2 is 1.83 bits per heavy atom. The number of hydrogen-bond donors (Lipinski definition) is 5. The molecule has 1 saturated heterocycles. The second-order valence-electron chi connectivity index (χ2n) is 7.75. The zero-order valence-electron chi connectivity index (χ0n) is 17.3. The lowest BCUT2D eigenvalue weighted by Crippen LogP contribution is -2.55. The Labute approximate surface area is 176 Å². The van der Waals surface area contributed by atoms with E-state index < -0.39 is 29.9 Å². The highest BCUT2D eigenvalue weighted by atomic mass is 16.4. The van der Waals surface area contributed by atoms with Crippen LogP contribution >= 0.6 is 0 Å². The number of amides is 3. The third-order valence-corrected chi connectivity index (χ3v) is 4.96. The first-order valence-electron chi connectivity index (χ1n) is 10.2. The van der Waals surface area contributed by atoms with E-state index in [-0.39, 0.29) is 30.8 Å². The molecule has 3 atom stereocenters. The molecular weight excluding hydrogens is 388 g/mol. The molecular formula is C21H30N4O5. The van der Waals surface area contributed by atoms with Gasteiger partial charge in [0.05, 0.1) is 12.6 Å². The van der Waals surface area contributed by atoms with Gasteiger partial charge in [-0.15, -0.1) is 0 Å². The maximum absolute atomic E-state index is 12.8. The summed E-state index contributed by atoms with van der Waals surface area (Å²) in [4.78, 5) is 48.6. The summed E-state index contributed by atoms with van der Waals surface area (Å²) < 4.78 is 0. The Morgan fingerprint density at radius 3 is 2.40 bits per heavy atom. The smallest absolute Gasteiger partial charge is 0.326 e. The van der Waals surface area contributed by atoms with Gasteiger partial charge in [0, 0.05) is 6.42 Å². The monoisotopic (exact) mass is 418 g/mol. The van der Waals surface area contributed by atoms with Gasteiger partial charge < -0.3 is 26.4 Å². The number of hydrogen-bond acceptors (Lipinski definition) is 5. The van der Waals surface area contributed by atoms with Gasteiger partial charge in [0.2, 0.25) is 17.7 Å². The first-order valence-corrected chi connectivity index (χ1v) is 10.2. The number of benzene rings is 1. The normalized spacial score (nSPS) is 17.8. The molecule has 5 N–H and O–H groups in total. The largest absolute Gasteiger partial charge is 0.480 e. The molecule has 0 saturated carbocycles. The maximum Gasteiger partial charge on any atom is 0.326 e. The second-order valence-corrected chi connectivity index (χ2v) is 7.75. The average molecular weight is 418 g/mol. The molecule has 0 radical (unpaired) electrons. The van der Waals surface area contributed by atoms with Crippen molar-refractivity contribution in [2.24, 2.45) is 5.92 Å². The van der Waals surface area contributed by atoms with Crippen molar-refractivity contribution in [1.29, 1.82) is 0 Å². The Morgan fingerprint density at radius 1 is 1.13 bits per heavy atom. The number of carbonyl (C=O) groups excluding carboxylic acids is 3. The van der Waals surface area contributed by atoms with Crippen LogP contribution in [0.3, 0.4) is 0 Å². The minimum atomic E-state index is -1.14. The number of carboxylic acid groups (broad SMARTS) is 1. The molecule has 0 bridgehead atoms. The Kier molecular flexibility index (Phi) is 8.79. The highest BCUT2D eigenvalue weighted by Crippen LogP contribution is 2.07. The summed E-state index contributed by atoms with van der Waals surface area (Å²) in [5.74, 6) is -2.82. The van der Waals surface area contributed by atoms with Crippen molar-refractivity contribution < 1.29 is 24.3 Å². The Balaban J connectivity index is 2.01. The molecule has 3 amide bonds. The van der Waals surface area contributed by atoms with Gasteiger partial charge in [0.25, 0.3) is 0 Å². The topological polar surface area (TPSA) is 137 Å². The van der Waals surface area contributed by atoms with Crippen LogP contribution < -0.4 is 21.3 Å². The summed E-state index contributed by atoms with van der Waals surface area (Å²) >= 11 is 0. The van der Waals surface area contributed by atoms with Crippen LogP contribution in [0.4, 0.5) is 0 Å². The van der Waals surface area contributed by atoms with E-state index in [1.807, 2.05) is 30.3 Å². The van der Waals surface area contributed by atoms with Crippen LogP contribution in [0, 0.1) is 5.92 Å². The van der Waals surface area contributed by atoms with Gasteiger partial charge in [-0.2, -0.15) is 0 Å². The predicted octanol–water partition coefficient (Wildman–Crippen LogP) is -0.192. The molecule has 0 aliphatic carbocycles. The summed E-state index contributed by atoms with van der Waals surface area (Å²) in [6, 6.07) is 6.76. The van der Waals surface area contributed by atoms with Crippen molar-refractivity contribution in [2.45, 2.75) is 51.2 Å². The minimum absolute atomic E-state index is 0.195. The fourth-order valence-electron chi connectivity index (χ4n) is 3.27. The number of carbonyl (C=O) groups is 4. The van der Waals surface area contributed by atoms with Crippen molar-refractivity contribution in [3.05, 3.63) is 35.9 Å². The molecule has 1 heterocycles. The number of nitrogens with one attached hydrogen (secondary N) is 4. The SMILES string of the molecule is CC(C)C(NC(=O)C(Cc1ccccc1)NC(=O)CNC(=O)C1CCCN1)C(=O)O. The van der Waals surface area contributed by atoms with Crippen molar-refractivity contribution in [3.63, 3.8) is 0 Å². The van der Waals surface area contributed by atoms with Gasteiger partial charge in [0.15, 0.2) is 0 Å². The maximum atomic E-state index is 12.8. The third kappa shape index (κ3) is 7.14. The third-order valence-electron chi connectivity index (χ3n) is 4.96. The fourth-order valence-corrected chi connectivity index (χ4v) is 3.27. The highest BCUT2D eigenvalue weighted by molar-refractivity contribution is 5.92. The second kappa shape index (κ2) is 11.3. The highest BCUT2D eigenvalue weighted by Gasteiger charge is 2.29. The molecule has 9 heteroatoms. The van der Waals surface area contributed by atoms with E-state index in [0.717, 1.165) is 24.9 Å². The molecule has 1 fully saturated rings. The van der Waals surface area contributed by atoms with E-state index >= 15 is 0 Å². The van der Waals surface area contributed by atoms with E-state index in [4.69, 9.17) is 0 Å². The first kappa shape index (κ1) is 23.3. The molecule has 1 aromatic rings. The van der Waals surface area contributed by atoms with Crippen LogP contribution in [0.1, 0.15) is 32.3 Å². The standard InChI is InChI=1S/C21H30N4O5/c1-13(2)18(21(29)30)25-20(28)16(11-14-7-4-3-5-8-14)24-17(26)12-23-19(27)15-9-6-10-22-15/h3-5,7-8,13,15-16,18,22H,6,9-12H2,1-2H3,(H,23,27)(H,24,26)(H,25,28)(H,29,30). The van der Waals surface area contributed by atoms with E-state index in [1.165, 1.54) is 0 Å². The van der Waals surface area contributed by atoms with E-state index in [0.29, 0.717) is 0 Å². The number of rotatable bonds is 10. The average Bonchev–Trinajstić information content (AvgIpc) is 3.24. The molecule has 0 spiro atoms. The van der Waals surface area contributed by atoms with Crippen LogP contribution in [-0.4, -0.2) is 60.0 Å². The van der Waals surface area contributed by atoms with Gasteiger partial charge >= 0.3 is 5.97 Å². The molecule has 9 nitrogen and oxygen atoms in total. The van der Waals surface area contributed by atoms with E-state index in [9.17, 15) is 24.3 Å². The van der Waals surface area contributed by atoms with Crippen molar-refractivity contribution in [1.82, 2.24) is 21.3 Å². The predicted molar refractivity (Wildman–Crippen MR) is 111 cm³/mol. The molecule has 1 aliphatic rings. The molecule has 2 rings (SSSR count). The summed E-state index contributed by atoms with van der Waals surface area (Å²) in [6.45, 7) is 3.89. The van der Waals surface area contributed by atoms with Crippen LogP contribution in [-0.2, 0) is 25.6 Å². The van der Waals surface area contributed by atoms with Gasteiger partial charge in [-0.3, -0.25) is 14.4 Å². The molecule has 1 aromatic carbocycles. The van der Waals surface area contributed by atoms with Gasteiger partial charge in [-0.1, -0.05) is 44.2 Å². The van der Waals surface area contributed by atoms with E-state index in [2.05, 4.69) is 21.3 Å². The summed E-state index contributed by atoms with van der Waals surface area (Å²) in [5, 5.41) is 20.1. The lowest BCUT2D eigenvalue weighted by molar-refractivity contribution is -0.143. The minimum Gasteiger partial charge on any atom is -0.480 e. The lowest BCUT2D eigenvalue weighted by atomic mass is 10.0. The quantitative estimate of drug-likeness (QED) is 0.357. The van der Waals surface area contributed by atoms with Crippen LogP contribution in [0.2, 0.25) is 0 Å². The molecule has 30 heavy (non-hydrogen) atoms. The molecule has 3 unspecified atom stereocenters. The van der Waals surface area contributed by atoms with Crippen LogP contribution in [0.5, 0.6) is 0 Å². The van der Waals surface area contributed by atoms with E-state index in [1.54, 1.807) is 13.8 Å². The lowest BCUT2D eigenvalue weighted by Gasteiger charge is -2.23. The van der Waals surface area contributed by atoms with Gasteiger partial charge in [-0.05, 0) is 30.9 Å².